The van der Waals surface area contributed by atoms with E-state index in [1.807, 2.05) is 0 Å². The van der Waals surface area contributed by atoms with Crippen molar-refractivity contribution in [3.05, 3.63) is 29.9 Å². The predicted octanol–water partition coefficient (Wildman–Crippen LogP) is 2.01. The van der Waals surface area contributed by atoms with Crippen molar-refractivity contribution >= 4 is 12.0 Å². The number of ether oxygens (including phenoxy) is 1. The Bertz CT molecular complexity index is 576. The lowest BCUT2D eigenvalue weighted by Crippen LogP contribution is -2.32. The average Bonchev–Trinajstić information content (AvgIpc) is 2.85. The highest BCUT2D eigenvalue weighted by Gasteiger charge is 2.15. The van der Waals surface area contributed by atoms with Crippen LogP contribution in [0.3, 0.4) is 0 Å². The molecular weight excluding hydrogens is 303 g/mol. The zero-order chi connectivity index (χ0) is 17.5. The van der Waals surface area contributed by atoms with E-state index in [1.54, 1.807) is 27.7 Å². The van der Waals surface area contributed by atoms with E-state index in [0.29, 0.717) is 6.54 Å². The fourth-order valence-corrected chi connectivity index (χ4v) is 1.60. The van der Waals surface area contributed by atoms with Crippen LogP contribution in [0.1, 0.15) is 38.2 Å². The fourth-order valence-electron chi connectivity index (χ4n) is 1.60. The Morgan fingerprint density at radius 2 is 2.09 bits per heavy atom. The Hall–Kier alpha value is -2.38. The van der Waals surface area contributed by atoms with Gasteiger partial charge in [-0.2, -0.15) is 5.10 Å². The number of nitrogens with one attached hydrogen (secondary N) is 2. The van der Waals surface area contributed by atoms with Crippen molar-refractivity contribution in [2.24, 2.45) is 0 Å². The quantitative estimate of drug-likeness (QED) is 0.837. The summed E-state index contributed by atoms with van der Waals surface area (Å²) in [5, 5.41) is 9.01. The number of allylic oxidation sites excluding steroid dienone is 1. The standard InChI is InChI=1S/C15H23FN4O3/c1-5-17-13(21)12-7-9-20(19-12)10-11(16)6-8-18-14(22)23-15(2,3)4/h6-7,9H,5,8,10H2,1-4H3,(H,17,21)(H,18,22)/b11-6+. The van der Waals surface area contributed by atoms with Crippen LogP contribution in [0.25, 0.3) is 0 Å². The second-order valence-electron chi connectivity index (χ2n) is 5.79. The van der Waals surface area contributed by atoms with Crippen molar-refractivity contribution in [2.45, 2.75) is 39.8 Å². The minimum atomic E-state index is -0.612. The Balaban J connectivity index is 2.45. The summed E-state index contributed by atoms with van der Waals surface area (Å²) in [5.41, 5.74) is -0.372. The van der Waals surface area contributed by atoms with Crippen LogP contribution < -0.4 is 10.6 Å². The molecular formula is C15H23FN4O3. The first kappa shape index (κ1) is 18.7. The smallest absolute Gasteiger partial charge is 0.407 e. The predicted molar refractivity (Wildman–Crippen MR) is 83.7 cm³/mol. The van der Waals surface area contributed by atoms with E-state index < -0.39 is 17.5 Å². The lowest BCUT2D eigenvalue weighted by molar-refractivity contribution is 0.0533. The number of carbonyl (C=O) groups is 2. The topological polar surface area (TPSA) is 85.2 Å². The van der Waals surface area contributed by atoms with Crippen LogP contribution in [-0.2, 0) is 11.3 Å². The highest BCUT2D eigenvalue weighted by Crippen LogP contribution is 2.06. The van der Waals surface area contributed by atoms with Crippen molar-refractivity contribution in [2.75, 3.05) is 13.1 Å². The second kappa shape index (κ2) is 8.30. The van der Waals surface area contributed by atoms with Crippen LogP contribution >= 0.6 is 0 Å². The first-order chi connectivity index (χ1) is 10.7. The Labute approximate surface area is 134 Å². The largest absolute Gasteiger partial charge is 0.444 e. The molecule has 1 aromatic heterocycles. The SMILES string of the molecule is CCNC(=O)c1ccn(C/C(F)=C\CNC(=O)OC(C)(C)C)n1. The number of carbonyl (C=O) groups excluding carboxylic acids is 2. The van der Waals surface area contributed by atoms with Gasteiger partial charge in [-0.3, -0.25) is 9.48 Å². The molecule has 0 aliphatic carbocycles. The number of amides is 2. The van der Waals surface area contributed by atoms with Gasteiger partial charge in [0, 0.05) is 19.3 Å². The van der Waals surface area contributed by atoms with E-state index in [0.717, 1.165) is 0 Å². The van der Waals surface area contributed by atoms with E-state index in [2.05, 4.69) is 15.7 Å². The zero-order valence-electron chi connectivity index (χ0n) is 13.9. The number of hydrogen-bond acceptors (Lipinski definition) is 4. The third-order valence-corrected chi connectivity index (χ3v) is 2.49. The van der Waals surface area contributed by atoms with Gasteiger partial charge in [0.25, 0.3) is 5.91 Å². The highest BCUT2D eigenvalue weighted by molar-refractivity contribution is 5.92. The maximum absolute atomic E-state index is 13.7. The minimum absolute atomic E-state index is 0.00515. The normalized spacial score (nSPS) is 12.0. The summed E-state index contributed by atoms with van der Waals surface area (Å²) in [6.45, 7) is 7.42. The summed E-state index contributed by atoms with van der Waals surface area (Å²) in [5.74, 6) is -0.783. The first-order valence-corrected chi connectivity index (χ1v) is 7.34. The van der Waals surface area contributed by atoms with Gasteiger partial charge >= 0.3 is 6.09 Å². The van der Waals surface area contributed by atoms with E-state index in [9.17, 15) is 14.0 Å². The zero-order valence-corrected chi connectivity index (χ0v) is 13.9. The molecule has 7 nitrogen and oxygen atoms in total. The Morgan fingerprint density at radius 3 is 2.70 bits per heavy atom. The number of rotatable bonds is 6. The van der Waals surface area contributed by atoms with Crippen LogP contribution in [0, 0.1) is 0 Å². The molecule has 0 atom stereocenters. The molecule has 0 spiro atoms. The summed E-state index contributed by atoms with van der Waals surface area (Å²) in [4.78, 5) is 22.9. The molecule has 1 rings (SSSR count). The lowest BCUT2D eigenvalue weighted by Gasteiger charge is -2.19. The van der Waals surface area contributed by atoms with E-state index in [-0.39, 0.29) is 24.7 Å². The third kappa shape index (κ3) is 7.44. The molecule has 23 heavy (non-hydrogen) atoms. The van der Waals surface area contributed by atoms with Crippen LogP contribution in [0.15, 0.2) is 24.2 Å². The monoisotopic (exact) mass is 326 g/mol. The fraction of sp³-hybridized carbons (Fsp3) is 0.533. The molecule has 0 fully saturated rings. The number of alkyl carbamates (subject to hydrolysis) is 1. The molecule has 0 aromatic carbocycles. The second-order valence-corrected chi connectivity index (χ2v) is 5.79. The Kier molecular flexibility index (Phi) is 6.74. The molecule has 1 aromatic rings. The van der Waals surface area contributed by atoms with Gasteiger partial charge in [-0.25, -0.2) is 9.18 Å². The van der Waals surface area contributed by atoms with Gasteiger partial charge in [0.15, 0.2) is 0 Å². The highest BCUT2D eigenvalue weighted by atomic mass is 19.1. The van der Waals surface area contributed by atoms with Crippen LogP contribution in [0.5, 0.6) is 0 Å². The molecule has 0 bridgehead atoms. The summed E-state index contributed by atoms with van der Waals surface area (Å²) >= 11 is 0. The molecule has 128 valence electrons. The molecule has 0 aliphatic heterocycles. The number of nitrogens with zero attached hydrogens (tertiary/aromatic N) is 2. The first-order valence-electron chi connectivity index (χ1n) is 7.34. The van der Waals surface area contributed by atoms with Crippen LogP contribution in [0.2, 0.25) is 0 Å². The van der Waals surface area contributed by atoms with Gasteiger partial charge in [0.2, 0.25) is 0 Å². The number of halogens is 1. The molecule has 0 saturated heterocycles. The summed E-state index contributed by atoms with van der Waals surface area (Å²) in [6.07, 6.45) is 2.12. The van der Waals surface area contributed by atoms with Gasteiger partial charge in [0.05, 0.1) is 6.54 Å². The van der Waals surface area contributed by atoms with Crippen molar-refractivity contribution in [1.29, 1.82) is 0 Å². The number of hydrogen-bond donors (Lipinski definition) is 2. The van der Waals surface area contributed by atoms with Crippen molar-refractivity contribution < 1.29 is 18.7 Å². The van der Waals surface area contributed by atoms with E-state index >= 15 is 0 Å². The maximum Gasteiger partial charge on any atom is 0.407 e. The van der Waals surface area contributed by atoms with Gasteiger partial charge in [-0.1, -0.05) is 0 Å². The van der Waals surface area contributed by atoms with Gasteiger partial charge in [0.1, 0.15) is 17.1 Å². The summed E-state index contributed by atoms with van der Waals surface area (Å²) < 4.78 is 20.1. The third-order valence-electron chi connectivity index (χ3n) is 2.49. The molecule has 0 aliphatic rings. The molecule has 1 heterocycles. The molecule has 0 saturated carbocycles. The number of aromatic nitrogens is 2. The molecule has 0 unspecified atom stereocenters. The van der Waals surface area contributed by atoms with Gasteiger partial charge < -0.3 is 15.4 Å². The molecule has 8 heteroatoms. The van der Waals surface area contributed by atoms with Gasteiger partial charge in [-0.05, 0) is 39.8 Å². The molecule has 2 amide bonds. The van der Waals surface area contributed by atoms with E-state index in [4.69, 9.17) is 4.74 Å². The van der Waals surface area contributed by atoms with Crippen LogP contribution in [0.4, 0.5) is 9.18 Å². The van der Waals surface area contributed by atoms with Crippen LogP contribution in [-0.4, -0.2) is 40.5 Å². The van der Waals surface area contributed by atoms with Crippen molar-refractivity contribution in [1.82, 2.24) is 20.4 Å². The van der Waals surface area contributed by atoms with Gasteiger partial charge in [-0.15, -0.1) is 0 Å². The minimum Gasteiger partial charge on any atom is -0.444 e. The average molecular weight is 326 g/mol. The molecule has 2 N–H and O–H groups in total. The van der Waals surface area contributed by atoms with Crippen molar-refractivity contribution in [3.63, 3.8) is 0 Å². The van der Waals surface area contributed by atoms with Crippen molar-refractivity contribution in [3.8, 4) is 0 Å². The van der Waals surface area contributed by atoms with E-state index in [1.165, 1.54) is 23.0 Å². The Morgan fingerprint density at radius 1 is 1.39 bits per heavy atom. The maximum atomic E-state index is 13.7. The lowest BCUT2D eigenvalue weighted by atomic mass is 10.2. The summed E-state index contributed by atoms with van der Waals surface area (Å²) in [7, 11) is 0. The summed E-state index contributed by atoms with van der Waals surface area (Å²) in [6, 6.07) is 1.51. The molecule has 0 radical (unpaired) electrons.